The van der Waals surface area contributed by atoms with Crippen LogP contribution in [0.4, 0.5) is 10.5 Å². The third-order valence-corrected chi connectivity index (χ3v) is 5.21. The van der Waals surface area contributed by atoms with Crippen molar-refractivity contribution in [3.05, 3.63) is 63.5 Å². The number of imide groups is 1. The molecule has 0 radical (unpaired) electrons. The number of para-hydroxylation sites is 1. The Morgan fingerprint density at radius 1 is 1.25 bits per heavy atom. The number of anilines is 1. The summed E-state index contributed by atoms with van der Waals surface area (Å²) in [7, 11) is 0. The Morgan fingerprint density at radius 3 is 2.68 bits per heavy atom. The Balaban J connectivity index is 1.80. The topological polar surface area (TPSA) is 87.1 Å². The van der Waals surface area contributed by atoms with Crippen molar-refractivity contribution in [1.82, 2.24) is 0 Å². The lowest BCUT2D eigenvalue weighted by Crippen LogP contribution is -2.28. The number of aliphatic hydroxyl groups excluding tert-OH is 2. The van der Waals surface area contributed by atoms with E-state index < -0.39 is 12.7 Å². The van der Waals surface area contributed by atoms with Gasteiger partial charge in [0.1, 0.15) is 18.5 Å². The van der Waals surface area contributed by atoms with Gasteiger partial charge in [-0.25, -0.2) is 4.90 Å². The van der Waals surface area contributed by atoms with Gasteiger partial charge < -0.3 is 14.9 Å². The van der Waals surface area contributed by atoms with E-state index in [0.29, 0.717) is 21.9 Å². The Hall–Kier alpha value is -2.32. The molecule has 6 nitrogen and oxygen atoms in total. The Kier molecular flexibility index (Phi) is 6.41. The summed E-state index contributed by atoms with van der Waals surface area (Å²) < 4.78 is 5.34. The molecule has 1 unspecified atom stereocenters. The first kappa shape index (κ1) is 20.4. The van der Waals surface area contributed by atoms with E-state index in [-0.39, 0.29) is 22.8 Å². The lowest BCUT2D eigenvalue weighted by atomic mass is 10.1. The normalized spacial score (nSPS) is 16.7. The quantitative estimate of drug-likeness (QED) is 0.695. The number of aryl methyl sites for hydroxylation is 1. The van der Waals surface area contributed by atoms with E-state index in [2.05, 4.69) is 0 Å². The molecule has 0 aliphatic carbocycles. The van der Waals surface area contributed by atoms with E-state index in [4.69, 9.17) is 21.4 Å². The maximum Gasteiger partial charge on any atom is 0.298 e. The van der Waals surface area contributed by atoms with Crippen LogP contribution in [0.3, 0.4) is 0 Å². The van der Waals surface area contributed by atoms with Crippen molar-refractivity contribution in [3.63, 3.8) is 0 Å². The van der Waals surface area contributed by atoms with Crippen LogP contribution < -0.4 is 9.64 Å². The Morgan fingerprint density at radius 2 is 2.00 bits per heavy atom. The predicted molar refractivity (Wildman–Crippen MR) is 110 cm³/mol. The fraction of sp³-hybridized carbons (Fsp3) is 0.200. The molecular formula is C20H18ClNO5S. The number of aliphatic hydroxyl groups is 2. The minimum atomic E-state index is -0.996. The van der Waals surface area contributed by atoms with E-state index in [1.54, 1.807) is 36.4 Å². The van der Waals surface area contributed by atoms with Crippen molar-refractivity contribution < 1.29 is 24.5 Å². The average Bonchev–Trinajstić information content (AvgIpc) is 2.94. The molecule has 2 aromatic rings. The summed E-state index contributed by atoms with van der Waals surface area (Å²) in [5, 5.41) is 18.1. The summed E-state index contributed by atoms with van der Waals surface area (Å²) in [6, 6.07) is 12.1. The second-order valence-corrected chi connectivity index (χ2v) is 7.54. The van der Waals surface area contributed by atoms with Gasteiger partial charge in [-0.15, -0.1) is 0 Å². The number of thioether (sulfide) groups is 1. The molecule has 0 saturated carbocycles. The summed E-state index contributed by atoms with van der Waals surface area (Å²) in [5.41, 5.74) is 2.04. The van der Waals surface area contributed by atoms with Crippen molar-refractivity contribution >= 4 is 46.3 Å². The standard InChI is InChI=1S/C20H18ClNO5S/c1-12-4-2-3-5-16(12)22-19(25)18(28-20(22)26)9-13-6-7-17(15(21)8-13)27-11-14(24)10-23/h2-9,14,23-24H,10-11H2,1H3/b18-9-. The van der Waals surface area contributed by atoms with Crippen molar-refractivity contribution in [1.29, 1.82) is 0 Å². The molecule has 2 N–H and O–H groups in total. The zero-order valence-corrected chi connectivity index (χ0v) is 16.5. The van der Waals surface area contributed by atoms with Gasteiger partial charge in [-0.3, -0.25) is 9.59 Å². The van der Waals surface area contributed by atoms with Gasteiger partial charge in [-0.05, 0) is 54.1 Å². The van der Waals surface area contributed by atoms with Gasteiger partial charge >= 0.3 is 0 Å². The van der Waals surface area contributed by atoms with E-state index in [1.165, 1.54) is 4.90 Å². The van der Waals surface area contributed by atoms with Crippen LogP contribution in [-0.4, -0.2) is 40.7 Å². The zero-order chi connectivity index (χ0) is 20.3. The molecule has 2 aromatic carbocycles. The van der Waals surface area contributed by atoms with Crippen LogP contribution in [0.25, 0.3) is 6.08 Å². The molecule has 0 bridgehead atoms. The van der Waals surface area contributed by atoms with Gasteiger partial charge in [0.05, 0.1) is 22.2 Å². The number of ether oxygens (including phenoxy) is 1. The van der Waals surface area contributed by atoms with E-state index >= 15 is 0 Å². The number of carbonyl (C=O) groups is 2. The highest BCUT2D eigenvalue weighted by Gasteiger charge is 2.36. The van der Waals surface area contributed by atoms with Crippen LogP contribution in [-0.2, 0) is 4.79 Å². The summed E-state index contributed by atoms with van der Waals surface area (Å²) in [6.45, 7) is 1.34. The third kappa shape index (κ3) is 4.39. The molecule has 2 amide bonds. The lowest BCUT2D eigenvalue weighted by Gasteiger charge is -2.14. The Bertz CT molecular complexity index is 946. The first-order chi connectivity index (χ1) is 13.4. The zero-order valence-electron chi connectivity index (χ0n) is 15.0. The molecule has 0 aromatic heterocycles. The van der Waals surface area contributed by atoms with Crippen molar-refractivity contribution in [2.24, 2.45) is 0 Å². The maximum absolute atomic E-state index is 12.7. The summed E-state index contributed by atoms with van der Waals surface area (Å²) >= 11 is 7.06. The molecule has 1 aliphatic heterocycles. The van der Waals surface area contributed by atoms with Gasteiger partial charge in [0.15, 0.2) is 0 Å². The molecule has 1 atom stereocenters. The van der Waals surface area contributed by atoms with Crippen LogP contribution in [0, 0.1) is 6.92 Å². The number of amides is 2. The molecule has 3 rings (SSSR count). The van der Waals surface area contributed by atoms with Crippen molar-refractivity contribution in [2.75, 3.05) is 18.1 Å². The van der Waals surface area contributed by atoms with Gasteiger partial charge in [0.25, 0.3) is 11.1 Å². The summed E-state index contributed by atoms with van der Waals surface area (Å²) in [6.07, 6.45) is 0.602. The van der Waals surface area contributed by atoms with Gasteiger partial charge in [0, 0.05) is 0 Å². The van der Waals surface area contributed by atoms with E-state index in [1.807, 2.05) is 19.1 Å². The molecule has 28 heavy (non-hydrogen) atoms. The highest BCUT2D eigenvalue weighted by Crippen LogP contribution is 2.37. The van der Waals surface area contributed by atoms with Crippen molar-refractivity contribution in [3.8, 4) is 5.75 Å². The van der Waals surface area contributed by atoms with E-state index in [9.17, 15) is 14.7 Å². The van der Waals surface area contributed by atoms with Gasteiger partial charge in [-0.2, -0.15) is 0 Å². The second-order valence-electron chi connectivity index (χ2n) is 6.14. The molecule has 1 saturated heterocycles. The number of carbonyl (C=O) groups excluding carboxylic acids is 2. The molecule has 8 heteroatoms. The highest BCUT2D eigenvalue weighted by molar-refractivity contribution is 8.19. The molecular weight excluding hydrogens is 402 g/mol. The number of benzene rings is 2. The van der Waals surface area contributed by atoms with Crippen LogP contribution in [0.1, 0.15) is 11.1 Å². The SMILES string of the molecule is Cc1ccccc1N1C(=O)S/C(=C\c2ccc(OCC(O)CO)c(Cl)c2)C1=O. The fourth-order valence-corrected chi connectivity index (χ4v) is 3.68. The third-order valence-electron chi connectivity index (χ3n) is 4.05. The number of halogens is 1. The number of nitrogens with zero attached hydrogens (tertiary/aromatic N) is 1. The molecule has 1 fully saturated rings. The molecule has 1 aliphatic rings. The smallest absolute Gasteiger partial charge is 0.298 e. The predicted octanol–water partition coefficient (Wildman–Crippen LogP) is 3.62. The fourth-order valence-electron chi connectivity index (χ4n) is 2.60. The second kappa shape index (κ2) is 8.79. The summed E-state index contributed by atoms with van der Waals surface area (Å²) in [4.78, 5) is 26.6. The van der Waals surface area contributed by atoms with Crippen LogP contribution in [0.15, 0.2) is 47.4 Å². The number of rotatable bonds is 6. The molecule has 1 heterocycles. The molecule has 0 spiro atoms. The van der Waals surface area contributed by atoms with Gasteiger partial charge in [-0.1, -0.05) is 35.9 Å². The minimum Gasteiger partial charge on any atom is -0.489 e. The average molecular weight is 420 g/mol. The maximum atomic E-state index is 12.7. The van der Waals surface area contributed by atoms with Gasteiger partial charge in [0.2, 0.25) is 0 Å². The van der Waals surface area contributed by atoms with Crippen molar-refractivity contribution in [2.45, 2.75) is 13.0 Å². The molecule has 146 valence electrons. The monoisotopic (exact) mass is 419 g/mol. The first-order valence-corrected chi connectivity index (χ1v) is 9.65. The number of hydrogen-bond acceptors (Lipinski definition) is 6. The number of hydrogen-bond donors (Lipinski definition) is 2. The largest absolute Gasteiger partial charge is 0.489 e. The van der Waals surface area contributed by atoms with Crippen LogP contribution >= 0.6 is 23.4 Å². The highest BCUT2D eigenvalue weighted by atomic mass is 35.5. The lowest BCUT2D eigenvalue weighted by molar-refractivity contribution is -0.113. The minimum absolute atomic E-state index is 0.0924. The van der Waals surface area contributed by atoms with Crippen LogP contribution in [0.5, 0.6) is 5.75 Å². The van der Waals surface area contributed by atoms with Crippen LogP contribution in [0.2, 0.25) is 5.02 Å². The first-order valence-electron chi connectivity index (χ1n) is 8.45. The Labute approximate surface area is 171 Å². The summed E-state index contributed by atoms with van der Waals surface area (Å²) in [5.74, 6) is -0.0360. The van der Waals surface area contributed by atoms with E-state index in [0.717, 1.165) is 17.3 Å².